The van der Waals surface area contributed by atoms with Gasteiger partial charge in [0.1, 0.15) is 5.75 Å². The average molecular weight is 357 g/mol. The van der Waals surface area contributed by atoms with Crippen LogP contribution in [0, 0.1) is 13.8 Å². The van der Waals surface area contributed by atoms with E-state index in [0.717, 1.165) is 27.3 Å². The standard InChI is InChI=1S/C15H15BrClNO2/c1-9-6-12(14(19)8-17)10(2)18(9)13-7-11(16)4-5-15(13)20-3/h4-7H,8H2,1-3H3. The fraction of sp³-hybridized carbons (Fsp3) is 0.267. The molecule has 106 valence electrons. The molecule has 2 aromatic rings. The minimum Gasteiger partial charge on any atom is -0.495 e. The molecule has 0 unspecified atom stereocenters. The molecule has 0 radical (unpaired) electrons. The maximum Gasteiger partial charge on any atom is 0.179 e. The number of halogens is 2. The normalized spacial score (nSPS) is 10.7. The van der Waals surface area contributed by atoms with Gasteiger partial charge in [0.25, 0.3) is 0 Å². The number of alkyl halides is 1. The van der Waals surface area contributed by atoms with Gasteiger partial charge in [0.2, 0.25) is 0 Å². The van der Waals surface area contributed by atoms with Crippen LogP contribution in [-0.2, 0) is 0 Å². The van der Waals surface area contributed by atoms with Gasteiger partial charge in [-0.05, 0) is 38.1 Å². The van der Waals surface area contributed by atoms with Crippen LogP contribution in [0.2, 0.25) is 0 Å². The Kier molecular flexibility index (Phi) is 4.55. The molecule has 2 rings (SSSR count). The van der Waals surface area contributed by atoms with Crippen LogP contribution in [-0.4, -0.2) is 23.3 Å². The number of carbonyl (C=O) groups is 1. The number of hydrogen-bond acceptors (Lipinski definition) is 2. The molecule has 0 atom stereocenters. The minimum atomic E-state index is -0.0695. The fourth-order valence-corrected chi connectivity index (χ4v) is 2.82. The number of ether oxygens (including phenoxy) is 1. The molecule has 1 heterocycles. The molecule has 3 nitrogen and oxygen atoms in total. The van der Waals surface area contributed by atoms with E-state index in [0.29, 0.717) is 5.56 Å². The molecule has 0 bridgehead atoms. The molecule has 20 heavy (non-hydrogen) atoms. The highest BCUT2D eigenvalue weighted by Gasteiger charge is 2.18. The highest BCUT2D eigenvalue weighted by Crippen LogP contribution is 2.30. The smallest absolute Gasteiger partial charge is 0.179 e. The Hall–Kier alpha value is -1.26. The van der Waals surface area contributed by atoms with Crippen LogP contribution in [0.15, 0.2) is 28.7 Å². The summed E-state index contributed by atoms with van der Waals surface area (Å²) in [6.45, 7) is 3.87. The minimum absolute atomic E-state index is 0.0140. The summed E-state index contributed by atoms with van der Waals surface area (Å²) in [7, 11) is 1.63. The highest BCUT2D eigenvalue weighted by atomic mass is 79.9. The van der Waals surface area contributed by atoms with E-state index in [9.17, 15) is 4.79 Å². The molecule has 0 fully saturated rings. The number of aromatic nitrogens is 1. The molecule has 1 aromatic carbocycles. The first-order chi connectivity index (χ1) is 9.49. The molecular formula is C15H15BrClNO2. The maximum atomic E-state index is 11.9. The van der Waals surface area contributed by atoms with E-state index in [1.165, 1.54) is 0 Å². The van der Waals surface area contributed by atoms with Crippen molar-refractivity contribution in [2.75, 3.05) is 13.0 Å². The van der Waals surface area contributed by atoms with Crippen molar-refractivity contribution in [1.29, 1.82) is 0 Å². The van der Waals surface area contributed by atoms with Crippen molar-refractivity contribution in [2.45, 2.75) is 13.8 Å². The number of rotatable bonds is 4. The largest absolute Gasteiger partial charge is 0.495 e. The van der Waals surface area contributed by atoms with E-state index >= 15 is 0 Å². The lowest BCUT2D eigenvalue weighted by Crippen LogP contribution is -2.05. The quantitative estimate of drug-likeness (QED) is 0.604. The summed E-state index contributed by atoms with van der Waals surface area (Å²) in [5, 5.41) is 0. The van der Waals surface area contributed by atoms with Crippen LogP contribution in [0.4, 0.5) is 0 Å². The molecule has 0 aliphatic carbocycles. The molecule has 0 aliphatic rings. The average Bonchev–Trinajstić information content (AvgIpc) is 2.73. The highest BCUT2D eigenvalue weighted by molar-refractivity contribution is 9.10. The van der Waals surface area contributed by atoms with Gasteiger partial charge in [-0.3, -0.25) is 4.79 Å². The van der Waals surface area contributed by atoms with Crippen molar-refractivity contribution in [3.05, 3.63) is 45.7 Å². The van der Waals surface area contributed by atoms with E-state index in [-0.39, 0.29) is 11.7 Å². The number of Topliss-reactive ketones (excluding diaryl/α,β-unsaturated/α-hetero) is 1. The lowest BCUT2D eigenvalue weighted by Gasteiger charge is -2.14. The van der Waals surface area contributed by atoms with Gasteiger partial charge in [-0.15, -0.1) is 11.6 Å². The number of methoxy groups -OCH3 is 1. The Morgan fingerprint density at radius 1 is 1.35 bits per heavy atom. The number of hydrogen-bond donors (Lipinski definition) is 0. The summed E-state index contributed by atoms with van der Waals surface area (Å²) in [6, 6.07) is 7.64. The Labute approximate surface area is 131 Å². The van der Waals surface area contributed by atoms with Crippen LogP contribution in [0.25, 0.3) is 5.69 Å². The van der Waals surface area contributed by atoms with Gasteiger partial charge in [-0.2, -0.15) is 0 Å². The van der Waals surface area contributed by atoms with E-state index in [1.807, 2.05) is 42.7 Å². The Morgan fingerprint density at radius 3 is 2.65 bits per heavy atom. The van der Waals surface area contributed by atoms with Gasteiger partial charge >= 0.3 is 0 Å². The molecular weight excluding hydrogens is 342 g/mol. The predicted octanol–water partition coefficient (Wildman–Crippen LogP) is 4.29. The molecule has 0 aliphatic heterocycles. The summed E-state index contributed by atoms with van der Waals surface area (Å²) >= 11 is 9.12. The molecule has 0 saturated heterocycles. The summed E-state index contributed by atoms with van der Waals surface area (Å²) in [4.78, 5) is 11.9. The van der Waals surface area contributed by atoms with Crippen LogP contribution in [0.5, 0.6) is 5.75 Å². The topological polar surface area (TPSA) is 31.2 Å². The second kappa shape index (κ2) is 6.02. The van der Waals surface area contributed by atoms with E-state index in [4.69, 9.17) is 16.3 Å². The molecule has 0 spiro atoms. The Balaban J connectivity index is 2.67. The van der Waals surface area contributed by atoms with Gasteiger partial charge in [0.05, 0.1) is 18.7 Å². The van der Waals surface area contributed by atoms with Gasteiger partial charge in [-0.1, -0.05) is 15.9 Å². The van der Waals surface area contributed by atoms with Crippen LogP contribution < -0.4 is 4.74 Å². The zero-order valence-corrected chi connectivity index (χ0v) is 13.9. The van der Waals surface area contributed by atoms with Crippen LogP contribution >= 0.6 is 27.5 Å². The molecule has 0 N–H and O–H groups in total. The van der Waals surface area contributed by atoms with E-state index in [2.05, 4.69) is 15.9 Å². The molecule has 1 aromatic heterocycles. The van der Waals surface area contributed by atoms with Gasteiger partial charge in [-0.25, -0.2) is 0 Å². The van der Waals surface area contributed by atoms with Crippen molar-refractivity contribution in [2.24, 2.45) is 0 Å². The summed E-state index contributed by atoms with van der Waals surface area (Å²) in [5.41, 5.74) is 3.38. The maximum absolute atomic E-state index is 11.9. The summed E-state index contributed by atoms with van der Waals surface area (Å²) in [6.07, 6.45) is 0. The third-order valence-electron chi connectivity index (χ3n) is 3.23. The fourth-order valence-electron chi connectivity index (χ4n) is 2.33. The Bertz CT molecular complexity index is 664. The zero-order chi connectivity index (χ0) is 14.9. The second-order valence-electron chi connectivity index (χ2n) is 4.49. The number of benzene rings is 1. The number of ketones is 1. The zero-order valence-electron chi connectivity index (χ0n) is 11.5. The van der Waals surface area contributed by atoms with Crippen molar-refractivity contribution in [3.8, 4) is 11.4 Å². The van der Waals surface area contributed by atoms with Crippen molar-refractivity contribution < 1.29 is 9.53 Å². The van der Waals surface area contributed by atoms with Crippen LogP contribution in [0.3, 0.4) is 0 Å². The summed E-state index contributed by atoms with van der Waals surface area (Å²) in [5.74, 6) is 0.666. The first-order valence-electron chi connectivity index (χ1n) is 6.11. The molecule has 5 heteroatoms. The lowest BCUT2D eigenvalue weighted by molar-refractivity contribution is 0.102. The SMILES string of the molecule is COc1ccc(Br)cc1-n1c(C)cc(C(=O)CCl)c1C. The lowest BCUT2D eigenvalue weighted by atomic mass is 10.2. The van der Waals surface area contributed by atoms with Crippen molar-refractivity contribution in [3.63, 3.8) is 0 Å². The molecule has 0 saturated carbocycles. The first-order valence-corrected chi connectivity index (χ1v) is 7.44. The second-order valence-corrected chi connectivity index (χ2v) is 5.68. The number of carbonyl (C=O) groups excluding carboxylic acids is 1. The predicted molar refractivity (Wildman–Crippen MR) is 84.5 cm³/mol. The van der Waals surface area contributed by atoms with Gasteiger partial charge < -0.3 is 9.30 Å². The van der Waals surface area contributed by atoms with E-state index in [1.54, 1.807) is 7.11 Å². The number of nitrogens with zero attached hydrogens (tertiary/aromatic N) is 1. The van der Waals surface area contributed by atoms with E-state index < -0.39 is 0 Å². The number of aryl methyl sites for hydroxylation is 1. The first kappa shape index (κ1) is 15.1. The van der Waals surface area contributed by atoms with Crippen molar-refractivity contribution in [1.82, 2.24) is 4.57 Å². The monoisotopic (exact) mass is 355 g/mol. The molecule has 0 amide bonds. The van der Waals surface area contributed by atoms with Gasteiger partial charge in [0, 0.05) is 21.4 Å². The third kappa shape index (κ3) is 2.63. The Morgan fingerprint density at radius 2 is 2.05 bits per heavy atom. The van der Waals surface area contributed by atoms with Gasteiger partial charge in [0.15, 0.2) is 5.78 Å². The third-order valence-corrected chi connectivity index (χ3v) is 3.97. The van der Waals surface area contributed by atoms with Crippen LogP contribution in [0.1, 0.15) is 21.7 Å². The van der Waals surface area contributed by atoms with Crippen molar-refractivity contribution >= 4 is 33.3 Å². The summed E-state index contributed by atoms with van der Waals surface area (Å²) < 4.78 is 8.36.